The summed E-state index contributed by atoms with van der Waals surface area (Å²) in [5, 5.41) is 3.79. The van der Waals surface area contributed by atoms with Crippen molar-refractivity contribution in [3.05, 3.63) is 24.4 Å². The van der Waals surface area contributed by atoms with Gasteiger partial charge in [0.25, 0.3) is 0 Å². The molecule has 0 saturated heterocycles. The van der Waals surface area contributed by atoms with Crippen molar-refractivity contribution in [3.8, 4) is 0 Å². The summed E-state index contributed by atoms with van der Waals surface area (Å²) in [6, 6.07) is 5.79. The fourth-order valence-electron chi connectivity index (χ4n) is 1.45. The lowest BCUT2D eigenvalue weighted by Gasteiger charge is -2.07. The van der Waals surface area contributed by atoms with E-state index >= 15 is 0 Å². The molecule has 0 spiro atoms. The van der Waals surface area contributed by atoms with Crippen LogP contribution in [-0.4, -0.2) is 63.3 Å². The molecule has 1 heterocycles. The second-order valence-corrected chi connectivity index (χ2v) is 6.83. The molecule has 0 aliphatic heterocycles. The molecule has 0 aliphatic carbocycles. The Bertz CT molecular complexity index is 410. The fourth-order valence-corrected chi connectivity index (χ4v) is 3.32. The Morgan fingerprint density at radius 2 is 1.96 bits per heavy atom. The molecule has 0 atom stereocenters. The zero-order chi connectivity index (χ0) is 16.6. The number of methoxy groups -OCH3 is 1. The Morgan fingerprint density at radius 1 is 1.17 bits per heavy atom. The number of hydrogen-bond acceptors (Lipinski definition) is 7. The summed E-state index contributed by atoms with van der Waals surface area (Å²) in [5.74, 6) is 0.792. The molecule has 0 unspecified atom stereocenters. The van der Waals surface area contributed by atoms with E-state index in [0.717, 1.165) is 10.8 Å². The molecule has 1 aromatic rings. The largest absolute Gasteiger partial charge is 0.382 e. The van der Waals surface area contributed by atoms with Crippen molar-refractivity contribution in [2.75, 3.05) is 52.4 Å². The quantitative estimate of drug-likeness (QED) is 0.402. The Labute approximate surface area is 145 Å². The highest BCUT2D eigenvalue weighted by atomic mass is 33.1. The van der Waals surface area contributed by atoms with Crippen LogP contribution in [0.2, 0.25) is 0 Å². The first-order valence-corrected chi connectivity index (χ1v) is 9.76. The van der Waals surface area contributed by atoms with Crippen LogP contribution in [0.4, 0.5) is 0 Å². The summed E-state index contributed by atoms with van der Waals surface area (Å²) in [5.41, 5.74) is 0. The van der Waals surface area contributed by atoms with Crippen molar-refractivity contribution in [3.63, 3.8) is 0 Å². The maximum atomic E-state index is 11.6. The number of aromatic nitrogens is 1. The summed E-state index contributed by atoms with van der Waals surface area (Å²) in [7, 11) is 4.85. The molecule has 1 aromatic heterocycles. The number of ether oxygens (including phenoxy) is 3. The number of pyridine rings is 1. The SMILES string of the molecule is COCCOCCOCCNC(=O)CCSSc1ccccn1. The van der Waals surface area contributed by atoms with Gasteiger partial charge >= 0.3 is 0 Å². The van der Waals surface area contributed by atoms with E-state index in [1.165, 1.54) is 0 Å². The molecule has 130 valence electrons. The van der Waals surface area contributed by atoms with E-state index in [4.69, 9.17) is 14.2 Å². The third kappa shape index (κ3) is 12.3. The van der Waals surface area contributed by atoms with Crippen molar-refractivity contribution < 1.29 is 19.0 Å². The van der Waals surface area contributed by atoms with Gasteiger partial charge < -0.3 is 19.5 Å². The summed E-state index contributed by atoms with van der Waals surface area (Å²) >= 11 is 0. The lowest BCUT2D eigenvalue weighted by molar-refractivity contribution is -0.120. The van der Waals surface area contributed by atoms with Crippen LogP contribution in [0.25, 0.3) is 0 Å². The standard InChI is InChI=1S/C15H24N2O4S2/c1-19-9-10-21-12-11-20-8-7-16-14(18)5-13-22-23-15-4-2-3-6-17-15/h2-4,6H,5,7-13H2,1H3,(H,16,18). The van der Waals surface area contributed by atoms with Gasteiger partial charge in [0.05, 0.1) is 33.0 Å². The number of carbonyl (C=O) groups excluding carboxylic acids is 1. The molecule has 8 heteroatoms. The first-order chi connectivity index (χ1) is 11.3. The smallest absolute Gasteiger partial charge is 0.220 e. The molecule has 1 rings (SSSR count). The van der Waals surface area contributed by atoms with Crippen LogP contribution in [0.15, 0.2) is 29.4 Å². The number of rotatable bonds is 14. The Balaban J connectivity index is 1.85. The van der Waals surface area contributed by atoms with Crippen LogP contribution < -0.4 is 5.32 Å². The first-order valence-electron chi connectivity index (χ1n) is 7.44. The van der Waals surface area contributed by atoms with Crippen molar-refractivity contribution in [2.24, 2.45) is 0 Å². The number of carbonyl (C=O) groups is 1. The third-order valence-electron chi connectivity index (χ3n) is 2.57. The Morgan fingerprint density at radius 3 is 2.70 bits per heavy atom. The number of hydrogen-bond donors (Lipinski definition) is 1. The zero-order valence-corrected chi connectivity index (χ0v) is 15.0. The first kappa shape index (κ1) is 20.2. The molecule has 0 fully saturated rings. The second-order valence-electron chi connectivity index (χ2n) is 4.39. The van der Waals surface area contributed by atoms with E-state index in [9.17, 15) is 4.79 Å². The normalized spacial score (nSPS) is 10.7. The Kier molecular flexibility index (Phi) is 13.0. The van der Waals surface area contributed by atoms with E-state index in [1.54, 1.807) is 34.9 Å². The van der Waals surface area contributed by atoms with E-state index in [-0.39, 0.29) is 5.91 Å². The topological polar surface area (TPSA) is 69.7 Å². The van der Waals surface area contributed by atoms with Crippen LogP contribution in [0, 0.1) is 0 Å². The fraction of sp³-hybridized carbons (Fsp3) is 0.600. The summed E-state index contributed by atoms with van der Waals surface area (Å²) < 4.78 is 15.5. The molecule has 23 heavy (non-hydrogen) atoms. The minimum atomic E-state index is 0.0408. The van der Waals surface area contributed by atoms with Crippen LogP contribution >= 0.6 is 21.6 Å². The average molecular weight is 361 g/mol. The van der Waals surface area contributed by atoms with Gasteiger partial charge in [0.1, 0.15) is 5.03 Å². The summed E-state index contributed by atoms with van der Waals surface area (Å²) in [4.78, 5) is 15.8. The highest BCUT2D eigenvalue weighted by Crippen LogP contribution is 2.29. The van der Waals surface area contributed by atoms with Gasteiger partial charge in [-0.05, 0) is 22.9 Å². The van der Waals surface area contributed by atoms with Gasteiger partial charge in [-0.1, -0.05) is 16.9 Å². The van der Waals surface area contributed by atoms with Gasteiger partial charge in [-0.15, -0.1) is 0 Å². The lowest BCUT2D eigenvalue weighted by Crippen LogP contribution is -2.27. The molecule has 1 amide bonds. The van der Waals surface area contributed by atoms with Crippen LogP contribution in [0.1, 0.15) is 6.42 Å². The maximum absolute atomic E-state index is 11.6. The van der Waals surface area contributed by atoms with Crippen LogP contribution in [0.3, 0.4) is 0 Å². The monoisotopic (exact) mass is 360 g/mol. The van der Waals surface area contributed by atoms with E-state index in [0.29, 0.717) is 46.0 Å². The number of amides is 1. The highest BCUT2D eigenvalue weighted by Gasteiger charge is 2.02. The van der Waals surface area contributed by atoms with Crippen molar-refractivity contribution in [1.29, 1.82) is 0 Å². The van der Waals surface area contributed by atoms with Crippen molar-refractivity contribution >= 4 is 27.5 Å². The average Bonchev–Trinajstić information content (AvgIpc) is 2.58. The van der Waals surface area contributed by atoms with Gasteiger partial charge in [-0.3, -0.25) is 4.79 Å². The number of nitrogens with one attached hydrogen (secondary N) is 1. The van der Waals surface area contributed by atoms with Crippen molar-refractivity contribution in [2.45, 2.75) is 11.4 Å². The highest BCUT2D eigenvalue weighted by molar-refractivity contribution is 8.76. The third-order valence-corrected chi connectivity index (χ3v) is 4.83. The van der Waals surface area contributed by atoms with Gasteiger partial charge in [0, 0.05) is 32.0 Å². The number of nitrogens with zero attached hydrogens (tertiary/aromatic N) is 1. The molecule has 0 saturated carbocycles. The van der Waals surface area contributed by atoms with Gasteiger partial charge in [0.2, 0.25) is 5.91 Å². The van der Waals surface area contributed by atoms with Gasteiger partial charge in [0.15, 0.2) is 0 Å². The van der Waals surface area contributed by atoms with Gasteiger partial charge in [-0.25, -0.2) is 4.98 Å². The molecule has 0 aromatic carbocycles. The van der Waals surface area contributed by atoms with E-state index in [1.807, 2.05) is 18.2 Å². The molecule has 0 radical (unpaired) electrons. The van der Waals surface area contributed by atoms with E-state index < -0.39 is 0 Å². The second kappa shape index (κ2) is 14.8. The molecule has 1 N–H and O–H groups in total. The predicted molar refractivity (Wildman–Crippen MR) is 93.7 cm³/mol. The zero-order valence-electron chi connectivity index (χ0n) is 13.4. The maximum Gasteiger partial charge on any atom is 0.220 e. The van der Waals surface area contributed by atoms with Crippen LogP contribution in [-0.2, 0) is 19.0 Å². The summed E-state index contributed by atoms with van der Waals surface area (Å²) in [6.07, 6.45) is 2.25. The van der Waals surface area contributed by atoms with Crippen LogP contribution in [0.5, 0.6) is 0 Å². The Hall–Kier alpha value is -0.800. The molecule has 6 nitrogen and oxygen atoms in total. The summed E-state index contributed by atoms with van der Waals surface area (Å²) in [6.45, 7) is 3.25. The molecule has 0 aliphatic rings. The van der Waals surface area contributed by atoms with Gasteiger partial charge in [-0.2, -0.15) is 0 Å². The minimum Gasteiger partial charge on any atom is -0.382 e. The van der Waals surface area contributed by atoms with E-state index in [2.05, 4.69) is 10.3 Å². The molecular weight excluding hydrogens is 336 g/mol. The minimum absolute atomic E-state index is 0.0408. The molecule has 0 bridgehead atoms. The predicted octanol–water partition coefficient (Wildman–Crippen LogP) is 2.01. The lowest BCUT2D eigenvalue weighted by atomic mass is 10.4. The molecular formula is C15H24N2O4S2. The van der Waals surface area contributed by atoms with Crippen molar-refractivity contribution in [1.82, 2.24) is 10.3 Å².